The van der Waals surface area contributed by atoms with Gasteiger partial charge in [-0.05, 0) is 61.4 Å². The van der Waals surface area contributed by atoms with Crippen LogP contribution >= 0.6 is 0 Å². The highest BCUT2D eigenvalue weighted by Crippen LogP contribution is 2.18. The van der Waals surface area contributed by atoms with Crippen molar-refractivity contribution in [3.63, 3.8) is 0 Å². The molecular weight excluding hydrogens is 278 g/mol. The smallest absolute Gasteiger partial charge is 0.184 e. The molecule has 0 amide bonds. The third kappa shape index (κ3) is 2.57. The number of nitrogens with zero attached hydrogens (tertiary/aromatic N) is 3. The van der Waals surface area contributed by atoms with E-state index in [-0.39, 0.29) is 12.3 Å². The van der Waals surface area contributed by atoms with Crippen LogP contribution in [0.4, 0.5) is 0 Å². The minimum atomic E-state index is -0.00678. The molecule has 0 bridgehead atoms. The standard InChI is InChI=1S/C17H17N3O2/c1-11-8-15-16(9-12(11)2)20(19-18-15)10-17(21)13-4-6-14(22-3)7-5-13/h4-9H,10H2,1-3H3. The summed E-state index contributed by atoms with van der Waals surface area (Å²) in [5.41, 5.74) is 4.65. The van der Waals surface area contributed by atoms with Gasteiger partial charge in [0.05, 0.1) is 12.6 Å². The highest BCUT2D eigenvalue weighted by Gasteiger charge is 2.12. The van der Waals surface area contributed by atoms with E-state index in [0.717, 1.165) is 22.3 Å². The zero-order chi connectivity index (χ0) is 15.7. The lowest BCUT2D eigenvalue weighted by atomic mass is 10.1. The van der Waals surface area contributed by atoms with Crippen LogP contribution < -0.4 is 4.74 Å². The Morgan fingerprint density at radius 2 is 1.82 bits per heavy atom. The van der Waals surface area contributed by atoms with Crippen LogP contribution in [-0.4, -0.2) is 27.9 Å². The van der Waals surface area contributed by atoms with Gasteiger partial charge in [0.15, 0.2) is 5.78 Å². The van der Waals surface area contributed by atoms with Crippen LogP contribution in [0.1, 0.15) is 21.5 Å². The molecule has 0 unspecified atom stereocenters. The highest BCUT2D eigenvalue weighted by atomic mass is 16.5. The summed E-state index contributed by atoms with van der Waals surface area (Å²) in [5, 5.41) is 8.23. The summed E-state index contributed by atoms with van der Waals surface area (Å²) in [5.74, 6) is 0.724. The number of aromatic nitrogens is 3. The fraction of sp³-hybridized carbons (Fsp3) is 0.235. The number of rotatable bonds is 4. The summed E-state index contributed by atoms with van der Waals surface area (Å²) in [6.07, 6.45) is 0. The highest BCUT2D eigenvalue weighted by molar-refractivity contribution is 5.96. The van der Waals surface area contributed by atoms with E-state index in [1.807, 2.05) is 26.0 Å². The van der Waals surface area contributed by atoms with E-state index in [2.05, 4.69) is 10.3 Å². The van der Waals surface area contributed by atoms with Crippen LogP contribution in [0, 0.1) is 13.8 Å². The maximum absolute atomic E-state index is 12.4. The normalized spacial score (nSPS) is 10.9. The maximum Gasteiger partial charge on any atom is 0.184 e. The number of fused-ring (bicyclic) bond motifs is 1. The van der Waals surface area contributed by atoms with Gasteiger partial charge in [0.2, 0.25) is 0 Å². The van der Waals surface area contributed by atoms with Crippen molar-refractivity contribution < 1.29 is 9.53 Å². The van der Waals surface area contributed by atoms with Crippen molar-refractivity contribution in [2.45, 2.75) is 20.4 Å². The van der Waals surface area contributed by atoms with E-state index in [0.29, 0.717) is 5.56 Å². The van der Waals surface area contributed by atoms with Crippen molar-refractivity contribution in [3.8, 4) is 5.75 Å². The summed E-state index contributed by atoms with van der Waals surface area (Å²) >= 11 is 0. The Kier molecular flexibility index (Phi) is 3.63. The number of Topliss-reactive ketones (excluding diaryl/α,β-unsaturated/α-hetero) is 1. The Morgan fingerprint density at radius 1 is 1.14 bits per heavy atom. The van der Waals surface area contributed by atoms with Crippen LogP contribution in [-0.2, 0) is 6.54 Å². The maximum atomic E-state index is 12.4. The van der Waals surface area contributed by atoms with Crippen LogP contribution in [0.15, 0.2) is 36.4 Å². The monoisotopic (exact) mass is 295 g/mol. The molecule has 3 rings (SSSR count). The summed E-state index contributed by atoms with van der Waals surface area (Å²) in [4.78, 5) is 12.4. The lowest BCUT2D eigenvalue weighted by Gasteiger charge is -2.05. The van der Waals surface area contributed by atoms with Crippen molar-refractivity contribution in [2.24, 2.45) is 0 Å². The fourth-order valence-corrected chi connectivity index (χ4v) is 2.34. The van der Waals surface area contributed by atoms with Crippen molar-refractivity contribution in [1.29, 1.82) is 0 Å². The molecule has 22 heavy (non-hydrogen) atoms. The number of ether oxygens (including phenoxy) is 1. The van der Waals surface area contributed by atoms with Gasteiger partial charge in [0.1, 0.15) is 17.8 Å². The first-order valence-electron chi connectivity index (χ1n) is 7.06. The number of benzene rings is 2. The molecule has 112 valence electrons. The van der Waals surface area contributed by atoms with Crippen molar-refractivity contribution in [2.75, 3.05) is 7.11 Å². The Balaban J connectivity index is 1.88. The molecule has 0 spiro atoms. The van der Waals surface area contributed by atoms with Crippen LogP contribution in [0.5, 0.6) is 5.75 Å². The van der Waals surface area contributed by atoms with Crippen LogP contribution in [0.3, 0.4) is 0 Å². The summed E-state index contributed by atoms with van der Waals surface area (Å²) < 4.78 is 6.75. The second kappa shape index (κ2) is 5.60. The molecule has 0 aliphatic carbocycles. The largest absolute Gasteiger partial charge is 0.497 e. The fourth-order valence-electron chi connectivity index (χ4n) is 2.34. The van der Waals surface area contributed by atoms with Gasteiger partial charge in [-0.15, -0.1) is 5.10 Å². The van der Waals surface area contributed by atoms with Crippen molar-refractivity contribution in [3.05, 3.63) is 53.1 Å². The molecule has 3 aromatic rings. The number of aryl methyl sites for hydroxylation is 2. The predicted molar refractivity (Wildman–Crippen MR) is 84.3 cm³/mol. The molecule has 0 atom stereocenters. The van der Waals surface area contributed by atoms with E-state index in [1.54, 1.807) is 36.1 Å². The van der Waals surface area contributed by atoms with E-state index >= 15 is 0 Å². The lowest BCUT2D eigenvalue weighted by Crippen LogP contribution is -2.11. The molecule has 0 saturated heterocycles. The second-order valence-electron chi connectivity index (χ2n) is 5.32. The van der Waals surface area contributed by atoms with Crippen LogP contribution in [0.2, 0.25) is 0 Å². The van der Waals surface area contributed by atoms with E-state index in [9.17, 15) is 4.79 Å². The Labute approximate surface area is 128 Å². The first kappa shape index (κ1) is 14.3. The van der Waals surface area contributed by atoms with E-state index in [4.69, 9.17) is 4.74 Å². The average molecular weight is 295 g/mol. The second-order valence-corrected chi connectivity index (χ2v) is 5.32. The quantitative estimate of drug-likeness (QED) is 0.694. The molecule has 0 saturated carbocycles. The minimum absolute atomic E-state index is 0.00678. The first-order valence-corrected chi connectivity index (χ1v) is 7.06. The number of hydrogen-bond acceptors (Lipinski definition) is 4. The molecule has 1 aromatic heterocycles. The molecular formula is C17H17N3O2. The third-order valence-electron chi connectivity index (χ3n) is 3.83. The average Bonchev–Trinajstić information content (AvgIpc) is 2.90. The number of carbonyl (C=O) groups is 1. The number of hydrogen-bond donors (Lipinski definition) is 0. The minimum Gasteiger partial charge on any atom is -0.497 e. The number of methoxy groups -OCH3 is 1. The van der Waals surface area contributed by atoms with Gasteiger partial charge >= 0.3 is 0 Å². The SMILES string of the molecule is COc1ccc(C(=O)Cn2nnc3cc(C)c(C)cc32)cc1. The van der Waals surface area contributed by atoms with E-state index < -0.39 is 0 Å². The molecule has 5 heteroatoms. The van der Waals surface area contributed by atoms with Gasteiger partial charge in [-0.3, -0.25) is 4.79 Å². The topological polar surface area (TPSA) is 57.0 Å². The third-order valence-corrected chi connectivity index (χ3v) is 3.83. The molecule has 5 nitrogen and oxygen atoms in total. The van der Waals surface area contributed by atoms with Gasteiger partial charge in [0, 0.05) is 5.56 Å². The molecule has 0 aliphatic rings. The summed E-state index contributed by atoms with van der Waals surface area (Å²) in [7, 11) is 1.60. The molecule has 1 heterocycles. The van der Waals surface area contributed by atoms with Crippen molar-refractivity contribution >= 4 is 16.8 Å². The Hall–Kier alpha value is -2.69. The molecule has 0 radical (unpaired) electrons. The van der Waals surface area contributed by atoms with Crippen LogP contribution in [0.25, 0.3) is 11.0 Å². The predicted octanol–water partition coefficient (Wildman–Crippen LogP) is 2.94. The summed E-state index contributed by atoms with van der Waals surface area (Å²) in [6.45, 7) is 4.25. The molecule has 0 N–H and O–H groups in total. The Bertz CT molecular complexity index is 835. The van der Waals surface area contributed by atoms with Gasteiger partial charge in [-0.2, -0.15) is 0 Å². The van der Waals surface area contributed by atoms with Gasteiger partial charge < -0.3 is 4.74 Å². The molecule has 2 aromatic carbocycles. The summed E-state index contributed by atoms with van der Waals surface area (Å²) in [6, 6.07) is 11.1. The zero-order valence-electron chi connectivity index (χ0n) is 12.8. The van der Waals surface area contributed by atoms with Gasteiger partial charge in [0.25, 0.3) is 0 Å². The number of ketones is 1. The molecule has 0 fully saturated rings. The van der Waals surface area contributed by atoms with Gasteiger partial charge in [-0.1, -0.05) is 5.21 Å². The first-order chi connectivity index (χ1) is 10.6. The van der Waals surface area contributed by atoms with Gasteiger partial charge in [-0.25, -0.2) is 4.68 Å². The van der Waals surface area contributed by atoms with E-state index in [1.165, 1.54) is 5.56 Å². The number of carbonyl (C=O) groups excluding carboxylic acids is 1. The Morgan fingerprint density at radius 3 is 2.50 bits per heavy atom. The zero-order valence-corrected chi connectivity index (χ0v) is 12.8. The lowest BCUT2D eigenvalue weighted by molar-refractivity contribution is 0.0968. The van der Waals surface area contributed by atoms with Crippen molar-refractivity contribution in [1.82, 2.24) is 15.0 Å². The molecule has 0 aliphatic heterocycles.